The summed E-state index contributed by atoms with van der Waals surface area (Å²) >= 11 is 0. The van der Waals surface area contributed by atoms with E-state index in [4.69, 9.17) is 0 Å². The Morgan fingerprint density at radius 1 is 1.38 bits per heavy atom. The van der Waals surface area contributed by atoms with Crippen LogP contribution in [0.3, 0.4) is 0 Å². The van der Waals surface area contributed by atoms with Crippen molar-refractivity contribution in [3.8, 4) is 0 Å². The SMILES string of the molecule is CC(=O)N1CCC[C@@H](C(=O)Nc2cnn(CC3CC3)c2)C1. The Kier molecular flexibility index (Phi) is 3.94. The molecule has 2 fully saturated rings. The highest BCUT2D eigenvalue weighted by atomic mass is 16.2. The molecule has 1 saturated heterocycles. The summed E-state index contributed by atoms with van der Waals surface area (Å²) in [5.74, 6) is 0.682. The van der Waals surface area contributed by atoms with Gasteiger partial charge in [0.2, 0.25) is 11.8 Å². The third-order valence-electron chi connectivity index (χ3n) is 4.28. The van der Waals surface area contributed by atoms with Crippen LogP contribution in [0.15, 0.2) is 12.4 Å². The Bertz CT molecular complexity index is 536. The van der Waals surface area contributed by atoms with Gasteiger partial charge in [0.25, 0.3) is 0 Å². The van der Waals surface area contributed by atoms with Gasteiger partial charge in [-0.05, 0) is 31.6 Å². The van der Waals surface area contributed by atoms with Crippen LogP contribution in [0.25, 0.3) is 0 Å². The predicted molar refractivity (Wildman–Crippen MR) is 78.6 cm³/mol. The van der Waals surface area contributed by atoms with Crippen LogP contribution in [0.5, 0.6) is 0 Å². The van der Waals surface area contributed by atoms with Crippen molar-refractivity contribution in [2.24, 2.45) is 11.8 Å². The van der Waals surface area contributed by atoms with Gasteiger partial charge < -0.3 is 10.2 Å². The fraction of sp³-hybridized carbons (Fsp3) is 0.667. The van der Waals surface area contributed by atoms with E-state index >= 15 is 0 Å². The maximum Gasteiger partial charge on any atom is 0.229 e. The lowest BCUT2D eigenvalue weighted by atomic mass is 9.97. The molecule has 0 spiro atoms. The molecule has 1 aliphatic heterocycles. The highest BCUT2D eigenvalue weighted by Crippen LogP contribution is 2.30. The number of nitrogens with zero attached hydrogens (tertiary/aromatic N) is 3. The summed E-state index contributed by atoms with van der Waals surface area (Å²) < 4.78 is 1.90. The zero-order valence-electron chi connectivity index (χ0n) is 12.4. The molecule has 1 atom stereocenters. The minimum Gasteiger partial charge on any atom is -0.342 e. The van der Waals surface area contributed by atoms with Crippen LogP contribution < -0.4 is 5.32 Å². The van der Waals surface area contributed by atoms with Gasteiger partial charge in [0.1, 0.15) is 0 Å². The van der Waals surface area contributed by atoms with E-state index in [1.54, 1.807) is 18.0 Å². The van der Waals surface area contributed by atoms with E-state index < -0.39 is 0 Å². The molecular weight excluding hydrogens is 268 g/mol. The summed E-state index contributed by atoms with van der Waals surface area (Å²) in [6.07, 6.45) is 7.88. The fourth-order valence-electron chi connectivity index (χ4n) is 2.81. The van der Waals surface area contributed by atoms with Gasteiger partial charge in [0, 0.05) is 32.8 Å². The van der Waals surface area contributed by atoms with Crippen LogP contribution in [0, 0.1) is 11.8 Å². The number of aromatic nitrogens is 2. The van der Waals surface area contributed by atoms with Crippen molar-refractivity contribution < 1.29 is 9.59 Å². The number of likely N-dealkylation sites (tertiary alicyclic amines) is 1. The summed E-state index contributed by atoms with van der Waals surface area (Å²) in [4.78, 5) is 25.5. The molecule has 1 aromatic heterocycles. The number of hydrogen-bond acceptors (Lipinski definition) is 3. The second-order valence-corrected chi connectivity index (χ2v) is 6.19. The summed E-state index contributed by atoms with van der Waals surface area (Å²) in [7, 11) is 0. The van der Waals surface area contributed by atoms with E-state index in [1.807, 2.05) is 10.9 Å². The number of anilines is 1. The molecule has 1 aliphatic carbocycles. The Morgan fingerprint density at radius 2 is 2.19 bits per heavy atom. The Morgan fingerprint density at radius 3 is 2.90 bits per heavy atom. The standard InChI is InChI=1S/C15H22N4O2/c1-11(20)18-6-2-3-13(9-18)15(21)17-14-7-16-19(10-14)8-12-4-5-12/h7,10,12-13H,2-6,8-9H2,1H3,(H,17,21)/t13-/m1/s1. The molecule has 1 saturated carbocycles. The summed E-state index contributed by atoms with van der Waals surface area (Å²) in [6, 6.07) is 0. The molecule has 0 aromatic carbocycles. The molecule has 6 heteroatoms. The molecule has 114 valence electrons. The van der Waals surface area contributed by atoms with Gasteiger partial charge in [-0.25, -0.2) is 0 Å². The molecule has 0 unspecified atom stereocenters. The molecule has 2 heterocycles. The number of carbonyl (C=O) groups excluding carboxylic acids is 2. The smallest absolute Gasteiger partial charge is 0.229 e. The van der Waals surface area contributed by atoms with Crippen molar-refractivity contribution >= 4 is 17.5 Å². The van der Waals surface area contributed by atoms with E-state index in [-0.39, 0.29) is 17.7 Å². The first-order valence-corrected chi connectivity index (χ1v) is 7.70. The van der Waals surface area contributed by atoms with Crippen molar-refractivity contribution in [3.63, 3.8) is 0 Å². The van der Waals surface area contributed by atoms with Gasteiger partial charge in [0.05, 0.1) is 17.8 Å². The molecule has 2 aliphatic rings. The van der Waals surface area contributed by atoms with Crippen LogP contribution >= 0.6 is 0 Å². The zero-order valence-corrected chi connectivity index (χ0v) is 12.4. The molecular formula is C15H22N4O2. The topological polar surface area (TPSA) is 67.2 Å². The van der Waals surface area contributed by atoms with Crippen LogP contribution in [0.2, 0.25) is 0 Å². The van der Waals surface area contributed by atoms with Crippen LogP contribution in [-0.2, 0) is 16.1 Å². The first-order chi connectivity index (χ1) is 10.1. The van der Waals surface area contributed by atoms with Crippen LogP contribution in [0.1, 0.15) is 32.6 Å². The van der Waals surface area contributed by atoms with E-state index in [1.165, 1.54) is 12.8 Å². The highest BCUT2D eigenvalue weighted by Gasteiger charge is 2.27. The Hall–Kier alpha value is -1.85. The predicted octanol–water partition coefficient (Wildman–Crippen LogP) is 1.49. The van der Waals surface area contributed by atoms with Gasteiger partial charge in [0.15, 0.2) is 0 Å². The molecule has 6 nitrogen and oxygen atoms in total. The number of nitrogens with one attached hydrogen (secondary N) is 1. The number of piperidine rings is 1. The van der Waals surface area contributed by atoms with Crippen molar-refractivity contribution in [1.82, 2.24) is 14.7 Å². The van der Waals surface area contributed by atoms with E-state index in [0.717, 1.165) is 37.5 Å². The van der Waals surface area contributed by atoms with Gasteiger partial charge in [-0.3, -0.25) is 14.3 Å². The van der Waals surface area contributed by atoms with Gasteiger partial charge in [-0.1, -0.05) is 0 Å². The van der Waals surface area contributed by atoms with Gasteiger partial charge in [-0.2, -0.15) is 5.10 Å². The van der Waals surface area contributed by atoms with Gasteiger partial charge in [-0.15, -0.1) is 0 Å². The molecule has 0 bridgehead atoms. The van der Waals surface area contributed by atoms with E-state index in [0.29, 0.717) is 6.54 Å². The zero-order chi connectivity index (χ0) is 14.8. The number of rotatable bonds is 4. The minimum atomic E-state index is -0.116. The molecule has 1 N–H and O–H groups in total. The maximum atomic E-state index is 12.3. The summed E-state index contributed by atoms with van der Waals surface area (Å²) in [5.41, 5.74) is 0.751. The molecule has 21 heavy (non-hydrogen) atoms. The molecule has 1 aromatic rings. The molecule has 2 amide bonds. The van der Waals surface area contributed by atoms with Crippen molar-refractivity contribution in [3.05, 3.63) is 12.4 Å². The number of amides is 2. The van der Waals surface area contributed by atoms with Crippen LogP contribution in [0.4, 0.5) is 5.69 Å². The van der Waals surface area contributed by atoms with Crippen molar-refractivity contribution in [2.45, 2.75) is 39.2 Å². The second-order valence-electron chi connectivity index (χ2n) is 6.19. The minimum absolute atomic E-state index is 0.00748. The van der Waals surface area contributed by atoms with Crippen LogP contribution in [-0.4, -0.2) is 39.6 Å². The third-order valence-corrected chi connectivity index (χ3v) is 4.28. The normalized spacial score (nSPS) is 22.1. The molecule has 0 radical (unpaired) electrons. The lowest BCUT2D eigenvalue weighted by molar-refractivity contribution is -0.132. The summed E-state index contributed by atoms with van der Waals surface area (Å²) in [5, 5.41) is 7.20. The quantitative estimate of drug-likeness (QED) is 0.913. The number of hydrogen-bond donors (Lipinski definition) is 1. The Balaban J connectivity index is 1.55. The maximum absolute atomic E-state index is 12.3. The van der Waals surface area contributed by atoms with Crippen molar-refractivity contribution in [2.75, 3.05) is 18.4 Å². The summed E-state index contributed by atoms with van der Waals surface area (Å²) in [6.45, 7) is 3.79. The second kappa shape index (κ2) is 5.87. The first-order valence-electron chi connectivity index (χ1n) is 7.70. The first kappa shape index (κ1) is 14.1. The van der Waals surface area contributed by atoms with E-state index in [9.17, 15) is 9.59 Å². The lowest BCUT2D eigenvalue weighted by Crippen LogP contribution is -2.42. The monoisotopic (exact) mass is 290 g/mol. The number of carbonyl (C=O) groups is 2. The Labute approximate surface area is 124 Å². The third kappa shape index (κ3) is 3.62. The average molecular weight is 290 g/mol. The average Bonchev–Trinajstić information content (AvgIpc) is 3.18. The molecule has 3 rings (SSSR count). The van der Waals surface area contributed by atoms with Gasteiger partial charge >= 0.3 is 0 Å². The van der Waals surface area contributed by atoms with Crippen molar-refractivity contribution in [1.29, 1.82) is 0 Å². The largest absolute Gasteiger partial charge is 0.342 e. The highest BCUT2D eigenvalue weighted by molar-refractivity contribution is 5.92. The van der Waals surface area contributed by atoms with E-state index in [2.05, 4.69) is 10.4 Å². The lowest BCUT2D eigenvalue weighted by Gasteiger charge is -2.31. The fourth-order valence-corrected chi connectivity index (χ4v) is 2.81.